The molecule has 0 aromatic carbocycles. The molecule has 1 N–H and O–H groups in total. The Morgan fingerprint density at radius 2 is 2.05 bits per heavy atom. The summed E-state index contributed by atoms with van der Waals surface area (Å²) >= 11 is 0. The highest BCUT2D eigenvalue weighted by molar-refractivity contribution is 5.87. The number of aromatic nitrogens is 1. The van der Waals surface area contributed by atoms with Gasteiger partial charge in [-0.05, 0) is 39.0 Å². The number of rotatable bonds is 5. The zero-order valence-corrected chi connectivity index (χ0v) is 12.0. The van der Waals surface area contributed by atoms with Crippen molar-refractivity contribution in [2.24, 2.45) is 0 Å². The fraction of sp³-hybridized carbons (Fsp3) is 0.357. The van der Waals surface area contributed by atoms with Crippen LogP contribution in [0.4, 0.5) is 5.69 Å². The number of esters is 1. The molecular formula is C14H18N2O4. The van der Waals surface area contributed by atoms with Crippen LogP contribution < -0.4 is 10.1 Å². The number of hydrogen-bond acceptors (Lipinski definition) is 5. The smallest absolute Gasteiger partial charge is 0.331 e. The molecule has 20 heavy (non-hydrogen) atoms. The molecule has 108 valence electrons. The Morgan fingerprint density at radius 3 is 2.60 bits per heavy atom. The molecular weight excluding hydrogens is 260 g/mol. The van der Waals surface area contributed by atoms with Crippen molar-refractivity contribution < 1.29 is 19.1 Å². The largest absolute Gasteiger partial charge is 0.479 e. The molecule has 0 saturated carbocycles. The Bertz CT molecular complexity index is 518. The quantitative estimate of drug-likeness (QED) is 0.506. The predicted octanol–water partition coefficient (Wildman–Crippen LogP) is 2.01. The molecule has 1 heterocycles. The minimum Gasteiger partial charge on any atom is -0.479 e. The number of anilines is 1. The van der Waals surface area contributed by atoms with E-state index in [1.807, 2.05) is 0 Å². The molecule has 0 saturated heterocycles. The first-order valence-corrected chi connectivity index (χ1v) is 6.02. The molecule has 6 nitrogen and oxygen atoms in total. The summed E-state index contributed by atoms with van der Waals surface area (Å²) in [7, 11) is 1.44. The molecule has 1 aromatic heterocycles. The highest BCUT2D eigenvalue weighted by atomic mass is 16.6. The standard InChI is InChI=1S/C14H18N2O4/c1-14(2,3)20-12(18)8-6-10-5-7-11(15-9-17)13(16-10)19-4/h5-9H,1-4H3,(H,15,17). The first kappa shape index (κ1) is 15.7. The molecule has 6 heteroatoms. The normalized spacial score (nSPS) is 11.2. The van der Waals surface area contributed by atoms with Gasteiger partial charge < -0.3 is 14.8 Å². The van der Waals surface area contributed by atoms with E-state index in [4.69, 9.17) is 9.47 Å². The third-order valence-corrected chi connectivity index (χ3v) is 2.09. The Hall–Kier alpha value is -2.37. The SMILES string of the molecule is COc1nc(C=CC(=O)OC(C)(C)C)ccc1NC=O. The lowest BCUT2D eigenvalue weighted by molar-refractivity contribution is -0.148. The van der Waals surface area contributed by atoms with Gasteiger partial charge in [0.1, 0.15) is 11.3 Å². The van der Waals surface area contributed by atoms with E-state index in [0.717, 1.165) is 0 Å². The van der Waals surface area contributed by atoms with Crippen molar-refractivity contribution in [1.29, 1.82) is 0 Å². The molecule has 0 unspecified atom stereocenters. The first-order valence-electron chi connectivity index (χ1n) is 6.02. The van der Waals surface area contributed by atoms with Gasteiger partial charge in [0.05, 0.1) is 12.8 Å². The zero-order chi connectivity index (χ0) is 15.2. The average Bonchev–Trinajstić information content (AvgIpc) is 2.36. The van der Waals surface area contributed by atoms with Crippen molar-refractivity contribution >= 4 is 24.1 Å². The van der Waals surface area contributed by atoms with Crippen LogP contribution in [0.1, 0.15) is 26.5 Å². The summed E-state index contributed by atoms with van der Waals surface area (Å²) in [5.41, 5.74) is 0.436. The van der Waals surface area contributed by atoms with E-state index in [1.54, 1.807) is 32.9 Å². The van der Waals surface area contributed by atoms with Gasteiger partial charge in [-0.15, -0.1) is 0 Å². The number of carbonyl (C=O) groups excluding carboxylic acids is 2. The van der Waals surface area contributed by atoms with Gasteiger partial charge in [-0.3, -0.25) is 4.79 Å². The lowest BCUT2D eigenvalue weighted by Gasteiger charge is -2.17. The van der Waals surface area contributed by atoms with Crippen molar-refractivity contribution in [1.82, 2.24) is 4.98 Å². The van der Waals surface area contributed by atoms with Crippen LogP contribution in [-0.2, 0) is 14.3 Å². The first-order chi connectivity index (χ1) is 9.35. The molecule has 0 radical (unpaired) electrons. The number of methoxy groups -OCH3 is 1. The van der Waals surface area contributed by atoms with Gasteiger partial charge in [0, 0.05) is 6.08 Å². The number of amides is 1. The van der Waals surface area contributed by atoms with Crippen LogP contribution in [0.5, 0.6) is 5.88 Å². The molecule has 0 aliphatic heterocycles. The molecule has 0 spiro atoms. The highest BCUT2D eigenvalue weighted by Gasteiger charge is 2.14. The number of pyridine rings is 1. The third-order valence-electron chi connectivity index (χ3n) is 2.09. The lowest BCUT2D eigenvalue weighted by atomic mass is 10.2. The van der Waals surface area contributed by atoms with E-state index in [2.05, 4.69) is 10.3 Å². The van der Waals surface area contributed by atoms with Crippen LogP contribution in [-0.4, -0.2) is 30.1 Å². The van der Waals surface area contributed by atoms with Crippen LogP contribution in [0.2, 0.25) is 0 Å². The Kier molecular flexibility index (Phi) is 5.25. The number of ether oxygens (including phenoxy) is 2. The van der Waals surface area contributed by atoms with E-state index in [-0.39, 0.29) is 5.88 Å². The van der Waals surface area contributed by atoms with Gasteiger partial charge >= 0.3 is 5.97 Å². The Labute approximate surface area is 117 Å². The summed E-state index contributed by atoms with van der Waals surface area (Å²) in [6, 6.07) is 3.28. The summed E-state index contributed by atoms with van der Waals surface area (Å²) in [6.07, 6.45) is 3.34. The van der Waals surface area contributed by atoms with Crippen LogP contribution in [0.25, 0.3) is 6.08 Å². The molecule has 0 aliphatic carbocycles. The van der Waals surface area contributed by atoms with Gasteiger partial charge in [-0.25, -0.2) is 9.78 Å². The fourth-order valence-corrected chi connectivity index (χ4v) is 1.37. The number of carbonyl (C=O) groups is 2. The van der Waals surface area contributed by atoms with E-state index in [0.29, 0.717) is 17.8 Å². The van der Waals surface area contributed by atoms with Gasteiger partial charge in [-0.1, -0.05) is 0 Å². The average molecular weight is 278 g/mol. The maximum atomic E-state index is 11.5. The number of hydrogen-bond donors (Lipinski definition) is 1. The van der Waals surface area contributed by atoms with Crippen molar-refractivity contribution in [3.05, 3.63) is 23.9 Å². The van der Waals surface area contributed by atoms with Crippen molar-refractivity contribution in [2.75, 3.05) is 12.4 Å². The molecule has 1 rings (SSSR count). The second-order valence-corrected chi connectivity index (χ2v) is 4.92. The Balaban J connectivity index is 2.82. The zero-order valence-electron chi connectivity index (χ0n) is 12.0. The minimum absolute atomic E-state index is 0.267. The van der Waals surface area contributed by atoms with Crippen molar-refractivity contribution in [2.45, 2.75) is 26.4 Å². The summed E-state index contributed by atoms with van der Waals surface area (Å²) in [6.45, 7) is 5.37. The number of nitrogens with one attached hydrogen (secondary N) is 1. The molecule has 1 aromatic rings. The molecule has 1 amide bonds. The summed E-state index contributed by atoms with van der Waals surface area (Å²) in [5.74, 6) is -0.184. The second kappa shape index (κ2) is 6.70. The van der Waals surface area contributed by atoms with E-state index < -0.39 is 11.6 Å². The molecule has 0 aliphatic rings. The topological polar surface area (TPSA) is 77.5 Å². The third kappa shape index (κ3) is 5.09. The van der Waals surface area contributed by atoms with Crippen LogP contribution in [0.3, 0.4) is 0 Å². The van der Waals surface area contributed by atoms with E-state index in [1.165, 1.54) is 19.3 Å². The van der Waals surface area contributed by atoms with Gasteiger partial charge in [0.2, 0.25) is 12.3 Å². The van der Waals surface area contributed by atoms with Gasteiger partial charge in [0.15, 0.2) is 0 Å². The lowest BCUT2D eigenvalue weighted by Crippen LogP contribution is -2.22. The van der Waals surface area contributed by atoms with Crippen molar-refractivity contribution in [3.8, 4) is 5.88 Å². The summed E-state index contributed by atoms with van der Waals surface area (Å²) in [5, 5.41) is 2.47. The molecule has 0 atom stereocenters. The summed E-state index contributed by atoms with van der Waals surface area (Å²) in [4.78, 5) is 26.1. The maximum Gasteiger partial charge on any atom is 0.331 e. The summed E-state index contributed by atoms with van der Waals surface area (Å²) < 4.78 is 10.2. The molecule has 0 fully saturated rings. The minimum atomic E-state index is -0.537. The highest BCUT2D eigenvalue weighted by Crippen LogP contribution is 2.21. The van der Waals surface area contributed by atoms with Crippen LogP contribution >= 0.6 is 0 Å². The van der Waals surface area contributed by atoms with Crippen molar-refractivity contribution in [3.63, 3.8) is 0 Å². The van der Waals surface area contributed by atoms with Crippen LogP contribution in [0.15, 0.2) is 18.2 Å². The van der Waals surface area contributed by atoms with Crippen LogP contribution in [0, 0.1) is 0 Å². The monoisotopic (exact) mass is 278 g/mol. The fourth-order valence-electron chi connectivity index (χ4n) is 1.37. The van der Waals surface area contributed by atoms with Gasteiger partial charge in [-0.2, -0.15) is 0 Å². The number of nitrogens with zero attached hydrogens (tertiary/aromatic N) is 1. The van der Waals surface area contributed by atoms with E-state index >= 15 is 0 Å². The molecule has 0 bridgehead atoms. The van der Waals surface area contributed by atoms with E-state index in [9.17, 15) is 9.59 Å². The van der Waals surface area contributed by atoms with Gasteiger partial charge in [0.25, 0.3) is 0 Å². The maximum absolute atomic E-state index is 11.5. The second-order valence-electron chi connectivity index (χ2n) is 4.92. The Morgan fingerprint density at radius 1 is 1.35 bits per heavy atom. The predicted molar refractivity (Wildman–Crippen MR) is 75.4 cm³/mol.